The van der Waals surface area contributed by atoms with Gasteiger partial charge in [-0.1, -0.05) is 0 Å². The molecule has 0 aromatic rings. The Morgan fingerprint density at radius 3 is 2.92 bits per heavy atom. The number of hydrogen-bond acceptors (Lipinski definition) is 3. The summed E-state index contributed by atoms with van der Waals surface area (Å²) < 4.78 is 0. The summed E-state index contributed by atoms with van der Waals surface area (Å²) in [6.45, 7) is 3.17. The van der Waals surface area contributed by atoms with Crippen LogP contribution in [0.3, 0.4) is 0 Å². The van der Waals surface area contributed by atoms with E-state index in [4.69, 9.17) is 0 Å². The Labute approximate surface area is 79.4 Å². The van der Waals surface area contributed by atoms with Gasteiger partial charge < -0.3 is 10.2 Å². The van der Waals surface area contributed by atoms with E-state index in [9.17, 15) is 10.2 Å². The maximum absolute atomic E-state index is 9.59. The summed E-state index contributed by atoms with van der Waals surface area (Å²) in [6.07, 6.45) is 4.11. The van der Waals surface area contributed by atoms with Crippen molar-refractivity contribution in [1.82, 2.24) is 4.90 Å². The second-order valence-corrected chi connectivity index (χ2v) is 4.53. The molecule has 76 valence electrons. The first-order chi connectivity index (χ1) is 6.19. The molecule has 3 atom stereocenters. The summed E-state index contributed by atoms with van der Waals surface area (Å²) in [5.41, 5.74) is 0.0294. The maximum atomic E-state index is 9.59. The molecule has 0 aliphatic carbocycles. The molecule has 3 nitrogen and oxygen atoms in total. The standard InChI is InChI=1S/C10H19NO2/c1-8(13)9-3-5-10(7-12)4-2-6-11(9)10/h8-9,12-13H,2-7H2,1H3/t8-,9-,10-/m0/s1. The van der Waals surface area contributed by atoms with Crippen molar-refractivity contribution in [2.75, 3.05) is 13.2 Å². The molecule has 0 saturated carbocycles. The van der Waals surface area contributed by atoms with E-state index in [0.717, 1.165) is 25.8 Å². The van der Waals surface area contributed by atoms with Crippen LogP contribution >= 0.6 is 0 Å². The lowest BCUT2D eigenvalue weighted by Crippen LogP contribution is -2.48. The molecule has 0 unspecified atom stereocenters. The molecule has 2 saturated heterocycles. The van der Waals surface area contributed by atoms with Gasteiger partial charge in [-0.3, -0.25) is 4.90 Å². The monoisotopic (exact) mass is 185 g/mol. The molecule has 2 heterocycles. The van der Waals surface area contributed by atoms with E-state index in [0.29, 0.717) is 0 Å². The van der Waals surface area contributed by atoms with Crippen LogP contribution in [0.4, 0.5) is 0 Å². The van der Waals surface area contributed by atoms with Crippen molar-refractivity contribution in [3.63, 3.8) is 0 Å². The fourth-order valence-corrected chi connectivity index (χ4v) is 3.07. The van der Waals surface area contributed by atoms with Crippen LogP contribution < -0.4 is 0 Å². The van der Waals surface area contributed by atoms with Crippen LogP contribution in [0, 0.1) is 0 Å². The van der Waals surface area contributed by atoms with Crippen molar-refractivity contribution >= 4 is 0 Å². The van der Waals surface area contributed by atoms with Crippen LogP contribution in [0.1, 0.15) is 32.6 Å². The van der Waals surface area contributed by atoms with Crippen molar-refractivity contribution < 1.29 is 10.2 Å². The average molecular weight is 185 g/mol. The fraction of sp³-hybridized carbons (Fsp3) is 1.00. The maximum Gasteiger partial charge on any atom is 0.0667 e. The van der Waals surface area contributed by atoms with Crippen LogP contribution in [0.5, 0.6) is 0 Å². The predicted molar refractivity (Wildman–Crippen MR) is 50.5 cm³/mol. The smallest absolute Gasteiger partial charge is 0.0667 e. The highest BCUT2D eigenvalue weighted by Crippen LogP contribution is 2.42. The largest absolute Gasteiger partial charge is 0.394 e. The fourth-order valence-electron chi connectivity index (χ4n) is 3.07. The number of aliphatic hydroxyl groups is 2. The molecule has 2 fully saturated rings. The van der Waals surface area contributed by atoms with Crippen molar-refractivity contribution in [3.8, 4) is 0 Å². The van der Waals surface area contributed by atoms with Gasteiger partial charge in [0.2, 0.25) is 0 Å². The molecule has 0 spiro atoms. The molecule has 2 aliphatic rings. The zero-order valence-corrected chi connectivity index (χ0v) is 8.24. The topological polar surface area (TPSA) is 43.7 Å². The van der Waals surface area contributed by atoms with E-state index in [1.54, 1.807) is 0 Å². The minimum Gasteiger partial charge on any atom is -0.394 e. The average Bonchev–Trinajstić information content (AvgIpc) is 2.59. The van der Waals surface area contributed by atoms with Gasteiger partial charge in [-0.25, -0.2) is 0 Å². The second-order valence-electron chi connectivity index (χ2n) is 4.53. The lowest BCUT2D eigenvalue weighted by Gasteiger charge is -2.34. The Bertz CT molecular complexity index is 195. The van der Waals surface area contributed by atoms with E-state index in [2.05, 4.69) is 4.90 Å². The summed E-state index contributed by atoms with van der Waals surface area (Å²) in [7, 11) is 0. The van der Waals surface area contributed by atoms with Crippen LogP contribution in [-0.2, 0) is 0 Å². The van der Waals surface area contributed by atoms with Crippen molar-refractivity contribution in [1.29, 1.82) is 0 Å². The number of aliphatic hydroxyl groups excluding tert-OH is 2. The molecule has 2 aliphatic heterocycles. The number of fused-ring (bicyclic) bond motifs is 1. The van der Waals surface area contributed by atoms with Gasteiger partial charge in [-0.05, 0) is 39.2 Å². The highest BCUT2D eigenvalue weighted by molar-refractivity contribution is 5.05. The van der Waals surface area contributed by atoms with E-state index in [1.807, 2.05) is 6.92 Å². The van der Waals surface area contributed by atoms with Gasteiger partial charge >= 0.3 is 0 Å². The lowest BCUT2D eigenvalue weighted by molar-refractivity contribution is 0.0296. The van der Waals surface area contributed by atoms with E-state index in [1.165, 1.54) is 6.42 Å². The minimum absolute atomic E-state index is 0.0294. The Morgan fingerprint density at radius 1 is 1.54 bits per heavy atom. The Hall–Kier alpha value is -0.120. The normalized spacial score (nSPS) is 42.2. The van der Waals surface area contributed by atoms with Gasteiger partial charge in [0.15, 0.2) is 0 Å². The van der Waals surface area contributed by atoms with Gasteiger partial charge in [-0.2, -0.15) is 0 Å². The number of rotatable bonds is 2. The SMILES string of the molecule is C[C@H](O)[C@@H]1CC[C@]2(CO)CCCN12. The summed E-state index contributed by atoms with van der Waals surface area (Å²) >= 11 is 0. The van der Waals surface area contributed by atoms with Gasteiger partial charge in [0, 0.05) is 11.6 Å². The van der Waals surface area contributed by atoms with Gasteiger partial charge in [0.1, 0.15) is 0 Å². The highest BCUT2D eigenvalue weighted by atomic mass is 16.3. The molecule has 0 aromatic carbocycles. The summed E-state index contributed by atoms with van der Waals surface area (Å²) in [5.74, 6) is 0. The Balaban J connectivity index is 2.15. The van der Waals surface area contributed by atoms with E-state index >= 15 is 0 Å². The molecule has 2 rings (SSSR count). The van der Waals surface area contributed by atoms with Gasteiger partial charge in [0.05, 0.1) is 12.7 Å². The first-order valence-electron chi connectivity index (χ1n) is 5.25. The molecule has 0 radical (unpaired) electrons. The van der Waals surface area contributed by atoms with Crippen molar-refractivity contribution in [3.05, 3.63) is 0 Å². The van der Waals surface area contributed by atoms with E-state index in [-0.39, 0.29) is 24.3 Å². The summed E-state index contributed by atoms with van der Waals surface area (Å²) in [5, 5.41) is 19.0. The predicted octanol–water partition coefficient (Wildman–Crippen LogP) is 0.356. The van der Waals surface area contributed by atoms with Gasteiger partial charge in [-0.15, -0.1) is 0 Å². The molecule has 0 bridgehead atoms. The molecule has 13 heavy (non-hydrogen) atoms. The van der Waals surface area contributed by atoms with Crippen molar-refractivity contribution in [2.24, 2.45) is 0 Å². The van der Waals surface area contributed by atoms with Crippen LogP contribution in [-0.4, -0.2) is 45.9 Å². The molecule has 0 amide bonds. The first-order valence-corrected chi connectivity index (χ1v) is 5.25. The molecular weight excluding hydrogens is 166 g/mol. The highest BCUT2D eigenvalue weighted by Gasteiger charge is 2.49. The van der Waals surface area contributed by atoms with Crippen LogP contribution in [0.15, 0.2) is 0 Å². The minimum atomic E-state index is -0.258. The Morgan fingerprint density at radius 2 is 2.31 bits per heavy atom. The summed E-state index contributed by atoms with van der Waals surface area (Å²) in [4.78, 5) is 2.33. The Kier molecular flexibility index (Phi) is 2.34. The number of hydrogen-bond donors (Lipinski definition) is 2. The quantitative estimate of drug-likeness (QED) is 0.652. The van der Waals surface area contributed by atoms with Crippen LogP contribution in [0.2, 0.25) is 0 Å². The zero-order valence-electron chi connectivity index (χ0n) is 8.24. The first kappa shape index (κ1) is 9.44. The molecule has 0 aromatic heterocycles. The third kappa shape index (κ3) is 1.30. The van der Waals surface area contributed by atoms with Gasteiger partial charge in [0.25, 0.3) is 0 Å². The lowest BCUT2D eigenvalue weighted by atomic mass is 9.95. The number of nitrogens with zero attached hydrogens (tertiary/aromatic N) is 1. The third-order valence-electron chi connectivity index (χ3n) is 3.81. The molecule has 3 heteroatoms. The molecular formula is C10H19NO2. The van der Waals surface area contributed by atoms with E-state index < -0.39 is 0 Å². The van der Waals surface area contributed by atoms with Crippen molar-refractivity contribution in [2.45, 2.75) is 50.3 Å². The molecule has 2 N–H and O–H groups in total. The van der Waals surface area contributed by atoms with Crippen LogP contribution in [0.25, 0.3) is 0 Å². The second kappa shape index (κ2) is 3.23. The zero-order chi connectivity index (χ0) is 9.47. The third-order valence-corrected chi connectivity index (χ3v) is 3.81. The summed E-state index contributed by atoms with van der Waals surface area (Å²) in [6, 6.07) is 0.287.